The van der Waals surface area contributed by atoms with Crippen molar-refractivity contribution in [1.29, 1.82) is 0 Å². The first-order valence-electron chi connectivity index (χ1n) is 9.06. The summed E-state index contributed by atoms with van der Waals surface area (Å²) in [6.07, 6.45) is 1.89. The third-order valence-electron chi connectivity index (χ3n) is 4.27. The molecule has 0 saturated heterocycles. The third-order valence-corrected chi connectivity index (χ3v) is 4.27. The Bertz CT molecular complexity index is 558. The molecule has 0 aliphatic heterocycles. The molecule has 4 nitrogen and oxygen atoms in total. The molecule has 4 heteroatoms. The number of ether oxygens (including phenoxy) is 1. The summed E-state index contributed by atoms with van der Waals surface area (Å²) in [5.41, 5.74) is 0.542. The van der Waals surface area contributed by atoms with Gasteiger partial charge in [-0.05, 0) is 38.2 Å². The van der Waals surface area contributed by atoms with Gasteiger partial charge in [0.1, 0.15) is 5.60 Å². The fourth-order valence-corrected chi connectivity index (χ4v) is 2.26. The molecule has 0 aliphatic rings. The van der Waals surface area contributed by atoms with Crippen molar-refractivity contribution in [1.82, 2.24) is 4.90 Å². The van der Waals surface area contributed by atoms with Crippen LogP contribution in [0.4, 0.5) is 4.79 Å². The summed E-state index contributed by atoms with van der Waals surface area (Å²) >= 11 is 0. The monoisotopic (exact) mass is 347 g/mol. The minimum absolute atomic E-state index is 0.0725. The van der Waals surface area contributed by atoms with E-state index < -0.39 is 11.7 Å². The molecule has 1 aromatic rings. The van der Waals surface area contributed by atoms with Crippen LogP contribution in [0.2, 0.25) is 0 Å². The second kappa shape index (κ2) is 9.02. The number of benzene rings is 1. The number of rotatable bonds is 8. The largest absolute Gasteiger partial charge is 0.444 e. The zero-order valence-electron chi connectivity index (χ0n) is 16.6. The van der Waals surface area contributed by atoms with Crippen molar-refractivity contribution >= 4 is 11.9 Å². The van der Waals surface area contributed by atoms with Crippen molar-refractivity contribution in [2.24, 2.45) is 5.41 Å². The van der Waals surface area contributed by atoms with Crippen LogP contribution in [0.15, 0.2) is 30.3 Å². The third kappa shape index (κ3) is 8.71. The number of ketones is 1. The fraction of sp³-hybridized carbons (Fsp3) is 0.619. The highest BCUT2D eigenvalue weighted by molar-refractivity contribution is 5.84. The maximum absolute atomic E-state index is 12.5. The molecule has 0 aromatic heterocycles. The Hall–Kier alpha value is -1.84. The summed E-state index contributed by atoms with van der Waals surface area (Å²) in [4.78, 5) is 26.4. The highest BCUT2D eigenvalue weighted by Gasteiger charge is 2.25. The Balaban J connectivity index is 2.76. The van der Waals surface area contributed by atoms with E-state index in [0.717, 1.165) is 18.4 Å². The van der Waals surface area contributed by atoms with E-state index in [1.54, 1.807) is 0 Å². The molecular formula is C21H33NO3. The lowest BCUT2D eigenvalue weighted by atomic mass is 9.84. The summed E-state index contributed by atoms with van der Waals surface area (Å²) < 4.78 is 5.47. The molecule has 0 aliphatic carbocycles. The van der Waals surface area contributed by atoms with Gasteiger partial charge in [0.2, 0.25) is 0 Å². The lowest BCUT2D eigenvalue weighted by Gasteiger charge is -2.28. The lowest BCUT2D eigenvalue weighted by molar-refractivity contribution is -0.121. The molecule has 0 atom stereocenters. The van der Waals surface area contributed by atoms with Crippen LogP contribution in [0.25, 0.3) is 0 Å². The van der Waals surface area contributed by atoms with Crippen LogP contribution < -0.4 is 0 Å². The summed E-state index contributed by atoms with van der Waals surface area (Å²) in [6, 6.07) is 9.67. The smallest absolute Gasteiger partial charge is 0.410 e. The molecule has 0 saturated carbocycles. The minimum Gasteiger partial charge on any atom is -0.444 e. The summed E-state index contributed by atoms with van der Waals surface area (Å²) in [5.74, 6) is 0.0725. The van der Waals surface area contributed by atoms with Gasteiger partial charge < -0.3 is 4.74 Å². The first-order valence-corrected chi connectivity index (χ1v) is 9.06. The summed E-state index contributed by atoms with van der Waals surface area (Å²) in [7, 11) is 0. The molecule has 0 unspecified atom stereocenters. The van der Waals surface area contributed by atoms with E-state index in [2.05, 4.69) is 20.8 Å². The van der Waals surface area contributed by atoms with Gasteiger partial charge in [0, 0.05) is 13.0 Å². The van der Waals surface area contributed by atoms with E-state index in [9.17, 15) is 9.59 Å². The van der Waals surface area contributed by atoms with Gasteiger partial charge in [-0.25, -0.2) is 4.79 Å². The van der Waals surface area contributed by atoms with Crippen LogP contribution >= 0.6 is 0 Å². The maximum atomic E-state index is 12.5. The SMILES string of the molecule is CCC(C)(C)CCC(=O)CN(Cc1ccccc1)C(=O)OC(C)(C)C. The highest BCUT2D eigenvalue weighted by atomic mass is 16.6. The Morgan fingerprint density at radius 3 is 2.16 bits per heavy atom. The number of carbonyl (C=O) groups excluding carboxylic acids is 2. The standard InChI is InChI=1S/C21H33NO3/c1-7-21(5,6)14-13-18(23)16-22(19(24)25-20(2,3)4)15-17-11-9-8-10-12-17/h8-12H,7,13-16H2,1-6H3. The number of nitrogens with zero attached hydrogens (tertiary/aromatic N) is 1. The molecule has 0 heterocycles. The predicted molar refractivity (Wildman–Crippen MR) is 101 cm³/mol. The van der Waals surface area contributed by atoms with Gasteiger partial charge in [-0.1, -0.05) is 57.5 Å². The Kier molecular flexibility index (Phi) is 7.65. The van der Waals surface area contributed by atoms with Crippen molar-refractivity contribution in [2.75, 3.05) is 6.54 Å². The first-order chi connectivity index (χ1) is 11.5. The molecule has 25 heavy (non-hydrogen) atoms. The fourth-order valence-electron chi connectivity index (χ4n) is 2.26. The predicted octanol–water partition coefficient (Wildman–Crippen LogP) is 5.21. The normalized spacial score (nSPS) is 11.9. The van der Waals surface area contributed by atoms with Gasteiger partial charge in [-0.15, -0.1) is 0 Å². The Labute approximate surface area is 152 Å². The number of hydrogen-bond acceptors (Lipinski definition) is 3. The van der Waals surface area contributed by atoms with E-state index in [-0.39, 0.29) is 17.7 Å². The quantitative estimate of drug-likeness (QED) is 0.648. The second-order valence-electron chi connectivity index (χ2n) is 8.38. The topological polar surface area (TPSA) is 46.6 Å². The van der Waals surface area contributed by atoms with Crippen molar-refractivity contribution in [3.63, 3.8) is 0 Å². The molecule has 1 rings (SSSR count). The molecule has 0 spiro atoms. The molecule has 0 radical (unpaired) electrons. The highest BCUT2D eigenvalue weighted by Crippen LogP contribution is 2.26. The summed E-state index contributed by atoms with van der Waals surface area (Å²) in [5, 5.41) is 0. The van der Waals surface area contributed by atoms with Gasteiger partial charge in [0.25, 0.3) is 0 Å². The van der Waals surface area contributed by atoms with Crippen LogP contribution in [-0.4, -0.2) is 28.9 Å². The van der Waals surface area contributed by atoms with E-state index in [0.29, 0.717) is 13.0 Å². The number of carbonyl (C=O) groups is 2. The van der Waals surface area contributed by atoms with Crippen LogP contribution in [0, 0.1) is 5.41 Å². The lowest BCUT2D eigenvalue weighted by Crippen LogP contribution is -2.39. The Morgan fingerprint density at radius 2 is 1.64 bits per heavy atom. The first kappa shape index (κ1) is 21.2. The average molecular weight is 347 g/mol. The van der Waals surface area contributed by atoms with Gasteiger partial charge in [0.05, 0.1) is 6.54 Å². The molecule has 0 fully saturated rings. The van der Waals surface area contributed by atoms with Crippen molar-refractivity contribution < 1.29 is 14.3 Å². The minimum atomic E-state index is -0.584. The zero-order valence-corrected chi connectivity index (χ0v) is 16.6. The molecule has 1 aromatic carbocycles. The van der Waals surface area contributed by atoms with Crippen LogP contribution in [-0.2, 0) is 16.1 Å². The van der Waals surface area contributed by atoms with Gasteiger partial charge in [-0.3, -0.25) is 9.69 Å². The zero-order chi connectivity index (χ0) is 19.1. The molecule has 140 valence electrons. The van der Waals surface area contributed by atoms with Gasteiger partial charge >= 0.3 is 6.09 Å². The molecule has 0 N–H and O–H groups in total. The molecule has 0 bridgehead atoms. The van der Waals surface area contributed by atoms with E-state index >= 15 is 0 Å². The van der Waals surface area contributed by atoms with E-state index in [1.807, 2.05) is 51.1 Å². The number of amides is 1. The van der Waals surface area contributed by atoms with Crippen molar-refractivity contribution in [3.8, 4) is 0 Å². The second-order valence-corrected chi connectivity index (χ2v) is 8.38. The van der Waals surface area contributed by atoms with Crippen LogP contribution in [0.1, 0.15) is 66.4 Å². The van der Waals surface area contributed by atoms with Crippen LogP contribution in [0.3, 0.4) is 0 Å². The van der Waals surface area contributed by atoms with Crippen LogP contribution in [0.5, 0.6) is 0 Å². The van der Waals surface area contributed by atoms with E-state index in [1.165, 1.54) is 4.90 Å². The molecule has 1 amide bonds. The van der Waals surface area contributed by atoms with Crippen molar-refractivity contribution in [3.05, 3.63) is 35.9 Å². The maximum Gasteiger partial charge on any atom is 0.410 e. The Morgan fingerprint density at radius 1 is 1.04 bits per heavy atom. The average Bonchev–Trinajstić information content (AvgIpc) is 2.52. The van der Waals surface area contributed by atoms with Crippen molar-refractivity contribution in [2.45, 2.75) is 73.0 Å². The number of Topliss-reactive ketones (excluding diaryl/α,β-unsaturated/α-hetero) is 1. The molecular weight excluding hydrogens is 314 g/mol. The van der Waals surface area contributed by atoms with E-state index in [4.69, 9.17) is 4.74 Å². The number of hydrogen-bond donors (Lipinski definition) is 0. The van der Waals surface area contributed by atoms with Gasteiger partial charge in [-0.2, -0.15) is 0 Å². The summed E-state index contributed by atoms with van der Waals surface area (Å²) in [6.45, 7) is 12.4. The van der Waals surface area contributed by atoms with Gasteiger partial charge in [0.15, 0.2) is 5.78 Å².